The molecule has 2 heterocycles. The molecule has 7 heteroatoms. The Balaban J connectivity index is 1.26. The average Bonchev–Trinajstić information content (AvgIpc) is 3.45. The third-order valence-electron chi connectivity index (χ3n) is 6.04. The van der Waals surface area contributed by atoms with E-state index in [1.54, 1.807) is 29.2 Å². The lowest BCUT2D eigenvalue weighted by atomic mass is 9.94. The molecule has 1 saturated heterocycles. The Kier molecular flexibility index (Phi) is 4.13. The molecule has 29 heavy (non-hydrogen) atoms. The molecule has 2 atom stereocenters. The Morgan fingerprint density at radius 3 is 2.55 bits per heavy atom. The summed E-state index contributed by atoms with van der Waals surface area (Å²) >= 11 is 0. The zero-order valence-corrected chi connectivity index (χ0v) is 15.8. The number of benzene rings is 2. The minimum absolute atomic E-state index is 0.0356. The first kappa shape index (κ1) is 17.9. The van der Waals surface area contributed by atoms with Crippen molar-refractivity contribution < 1.29 is 19.1 Å². The fraction of sp³-hybridized carbons (Fsp3) is 0.318. The van der Waals surface area contributed by atoms with Gasteiger partial charge in [-0.1, -0.05) is 18.2 Å². The summed E-state index contributed by atoms with van der Waals surface area (Å²) in [5, 5.41) is 5.77. The van der Waals surface area contributed by atoms with Crippen molar-refractivity contribution in [2.75, 3.05) is 36.9 Å². The summed E-state index contributed by atoms with van der Waals surface area (Å²) in [5.74, 6) is -0.707. The monoisotopic (exact) mass is 391 g/mol. The van der Waals surface area contributed by atoms with Gasteiger partial charge in [0.15, 0.2) is 0 Å². The van der Waals surface area contributed by atoms with E-state index in [1.165, 1.54) is 0 Å². The molecule has 5 rings (SSSR count). The number of carbonyl (C=O) groups excluding carboxylic acids is 3. The number of carbonyl (C=O) groups is 3. The molecule has 2 aliphatic heterocycles. The zero-order valence-electron chi connectivity index (χ0n) is 15.8. The summed E-state index contributed by atoms with van der Waals surface area (Å²) in [6.07, 6.45) is 0.509. The third-order valence-corrected chi connectivity index (χ3v) is 6.04. The molecular weight excluding hydrogens is 370 g/mol. The average molecular weight is 391 g/mol. The number of nitrogens with zero attached hydrogens (tertiary/aromatic N) is 1. The number of rotatable bonds is 3. The maximum Gasteiger partial charge on any atom is 0.254 e. The van der Waals surface area contributed by atoms with Crippen LogP contribution in [0.1, 0.15) is 22.3 Å². The van der Waals surface area contributed by atoms with Gasteiger partial charge in [0.1, 0.15) is 0 Å². The summed E-state index contributed by atoms with van der Waals surface area (Å²) < 4.78 is 5.28. The first-order chi connectivity index (χ1) is 14.1. The molecule has 1 spiro atoms. The second kappa shape index (κ2) is 6.70. The van der Waals surface area contributed by atoms with Crippen LogP contribution < -0.4 is 10.6 Å². The number of anilines is 2. The van der Waals surface area contributed by atoms with Crippen molar-refractivity contribution in [2.24, 2.45) is 5.92 Å². The molecule has 2 aromatic carbocycles. The molecule has 0 bridgehead atoms. The summed E-state index contributed by atoms with van der Waals surface area (Å²) in [4.78, 5) is 39.6. The number of amides is 3. The number of fused-ring (bicyclic) bond motifs is 2. The Morgan fingerprint density at radius 2 is 1.79 bits per heavy atom. The molecule has 0 aromatic heterocycles. The lowest BCUT2D eigenvalue weighted by Gasteiger charge is -2.26. The smallest absolute Gasteiger partial charge is 0.254 e. The predicted octanol–water partition coefficient (Wildman–Crippen LogP) is 2.01. The first-order valence-corrected chi connectivity index (χ1v) is 9.78. The maximum atomic E-state index is 12.8. The van der Waals surface area contributed by atoms with Crippen LogP contribution in [0.2, 0.25) is 0 Å². The van der Waals surface area contributed by atoms with Crippen LogP contribution in [-0.2, 0) is 19.7 Å². The highest BCUT2D eigenvalue weighted by atomic mass is 16.5. The van der Waals surface area contributed by atoms with Crippen LogP contribution in [0.15, 0.2) is 48.5 Å². The fourth-order valence-corrected chi connectivity index (χ4v) is 4.34. The van der Waals surface area contributed by atoms with Crippen molar-refractivity contribution in [3.05, 3.63) is 59.7 Å². The Hall–Kier alpha value is -3.19. The van der Waals surface area contributed by atoms with Gasteiger partial charge in [-0.15, -0.1) is 0 Å². The van der Waals surface area contributed by atoms with Crippen molar-refractivity contribution in [2.45, 2.75) is 11.8 Å². The van der Waals surface area contributed by atoms with E-state index in [9.17, 15) is 14.4 Å². The van der Waals surface area contributed by atoms with Gasteiger partial charge < -0.3 is 20.3 Å². The molecule has 1 saturated carbocycles. The van der Waals surface area contributed by atoms with Gasteiger partial charge in [-0.3, -0.25) is 14.4 Å². The van der Waals surface area contributed by atoms with E-state index in [0.29, 0.717) is 44.0 Å². The van der Waals surface area contributed by atoms with E-state index >= 15 is 0 Å². The lowest BCUT2D eigenvalue weighted by molar-refractivity contribution is -0.122. The van der Waals surface area contributed by atoms with E-state index in [-0.39, 0.29) is 23.6 Å². The van der Waals surface area contributed by atoms with E-state index in [2.05, 4.69) is 10.6 Å². The number of morpholine rings is 1. The Morgan fingerprint density at radius 1 is 1.07 bits per heavy atom. The number of nitrogens with one attached hydrogen (secondary N) is 2. The lowest BCUT2D eigenvalue weighted by Crippen LogP contribution is -2.40. The summed E-state index contributed by atoms with van der Waals surface area (Å²) in [6, 6.07) is 14.4. The van der Waals surface area contributed by atoms with Crippen LogP contribution in [0.5, 0.6) is 0 Å². The van der Waals surface area contributed by atoms with Gasteiger partial charge in [0, 0.05) is 30.0 Å². The van der Waals surface area contributed by atoms with Crippen molar-refractivity contribution in [3.63, 3.8) is 0 Å². The molecule has 7 nitrogen and oxygen atoms in total. The zero-order chi connectivity index (χ0) is 20.0. The van der Waals surface area contributed by atoms with Crippen LogP contribution in [0.25, 0.3) is 0 Å². The van der Waals surface area contributed by atoms with Crippen molar-refractivity contribution in [1.29, 1.82) is 0 Å². The van der Waals surface area contributed by atoms with Crippen LogP contribution in [0.3, 0.4) is 0 Å². The second-order valence-corrected chi connectivity index (χ2v) is 7.70. The highest BCUT2D eigenvalue weighted by Crippen LogP contribution is 2.60. The van der Waals surface area contributed by atoms with Gasteiger partial charge in [-0.05, 0) is 42.3 Å². The van der Waals surface area contributed by atoms with Crippen molar-refractivity contribution in [3.8, 4) is 0 Å². The SMILES string of the molecule is O=C(Nc1ccc(C(=O)N2CCOCC2)cc1)C1CC12C(=O)Nc1ccccc12. The number of hydrogen-bond acceptors (Lipinski definition) is 4. The molecule has 3 amide bonds. The van der Waals surface area contributed by atoms with E-state index in [1.807, 2.05) is 24.3 Å². The molecule has 1 aliphatic carbocycles. The van der Waals surface area contributed by atoms with Crippen molar-refractivity contribution >= 4 is 29.1 Å². The van der Waals surface area contributed by atoms with E-state index in [4.69, 9.17) is 4.74 Å². The Labute approximate surface area is 168 Å². The number of para-hydroxylation sites is 1. The molecule has 2 fully saturated rings. The molecule has 3 aliphatic rings. The highest BCUT2D eigenvalue weighted by molar-refractivity contribution is 6.14. The summed E-state index contributed by atoms with van der Waals surface area (Å²) in [7, 11) is 0. The second-order valence-electron chi connectivity index (χ2n) is 7.70. The topological polar surface area (TPSA) is 87.7 Å². The highest BCUT2D eigenvalue weighted by Gasteiger charge is 2.67. The van der Waals surface area contributed by atoms with Gasteiger partial charge in [0.25, 0.3) is 5.91 Å². The minimum atomic E-state index is -0.743. The molecular formula is C22H21N3O4. The van der Waals surface area contributed by atoms with Gasteiger partial charge in [-0.2, -0.15) is 0 Å². The number of hydrogen-bond donors (Lipinski definition) is 2. The van der Waals surface area contributed by atoms with Crippen LogP contribution >= 0.6 is 0 Å². The third kappa shape index (κ3) is 2.89. The van der Waals surface area contributed by atoms with Crippen molar-refractivity contribution in [1.82, 2.24) is 4.90 Å². The quantitative estimate of drug-likeness (QED) is 0.838. The van der Waals surface area contributed by atoms with Gasteiger partial charge in [0.05, 0.1) is 24.5 Å². The van der Waals surface area contributed by atoms with Crippen LogP contribution in [-0.4, -0.2) is 48.9 Å². The predicted molar refractivity (Wildman–Crippen MR) is 107 cm³/mol. The van der Waals surface area contributed by atoms with E-state index < -0.39 is 5.41 Å². The first-order valence-electron chi connectivity index (χ1n) is 9.78. The standard InChI is InChI=1S/C22H21N3O4/c26-19(17-13-22(17)16-3-1-2-4-18(16)24-21(22)28)23-15-7-5-14(6-8-15)20(27)25-9-11-29-12-10-25/h1-8,17H,9-13H2,(H,23,26)(H,24,28). The molecule has 2 unspecified atom stereocenters. The molecule has 2 N–H and O–H groups in total. The minimum Gasteiger partial charge on any atom is -0.378 e. The number of ether oxygens (including phenoxy) is 1. The fourth-order valence-electron chi connectivity index (χ4n) is 4.34. The molecule has 0 radical (unpaired) electrons. The van der Waals surface area contributed by atoms with E-state index in [0.717, 1.165) is 11.3 Å². The Bertz CT molecular complexity index is 997. The van der Waals surface area contributed by atoms with Gasteiger partial charge >= 0.3 is 0 Å². The van der Waals surface area contributed by atoms with Gasteiger partial charge in [0.2, 0.25) is 11.8 Å². The molecule has 2 aromatic rings. The molecule has 148 valence electrons. The van der Waals surface area contributed by atoms with Crippen LogP contribution in [0.4, 0.5) is 11.4 Å². The maximum absolute atomic E-state index is 12.8. The van der Waals surface area contributed by atoms with Crippen LogP contribution in [0, 0.1) is 5.92 Å². The normalized spacial score (nSPS) is 24.8. The van der Waals surface area contributed by atoms with Gasteiger partial charge in [-0.25, -0.2) is 0 Å². The summed E-state index contributed by atoms with van der Waals surface area (Å²) in [6.45, 7) is 2.29. The summed E-state index contributed by atoms with van der Waals surface area (Å²) in [5.41, 5.74) is 2.14. The largest absolute Gasteiger partial charge is 0.378 e.